The quantitative estimate of drug-likeness (QED) is 0.778. The average Bonchev–Trinajstić information content (AvgIpc) is 2.15. The van der Waals surface area contributed by atoms with Crippen LogP contribution in [-0.2, 0) is 32.5 Å². The number of nitrogens with one attached hydrogen (secondary N) is 1. The van der Waals surface area contributed by atoms with Gasteiger partial charge in [-0.15, -0.1) is 0 Å². The molecular weight excluding hydrogens is 351 g/mol. The minimum absolute atomic E-state index is 0.507. The number of rotatable bonds is 4. The van der Waals surface area contributed by atoms with Gasteiger partial charge in [-0.05, 0) is 0 Å². The predicted octanol–water partition coefficient (Wildman–Crippen LogP) is 0.734. The molecular formula is C9H10AuNO2. The van der Waals surface area contributed by atoms with Crippen molar-refractivity contribution >= 4 is 5.97 Å². The number of carbonyl (C=O) groups is 1. The van der Waals surface area contributed by atoms with Crippen molar-refractivity contribution in [2.24, 2.45) is 0 Å². The van der Waals surface area contributed by atoms with Crippen molar-refractivity contribution in [1.82, 2.24) is 3.72 Å². The first-order chi connectivity index (χ1) is 6.24. The molecule has 3 nitrogen and oxygen atoms in total. The van der Waals surface area contributed by atoms with E-state index < -0.39 is 12.0 Å². The van der Waals surface area contributed by atoms with Crippen molar-refractivity contribution < 1.29 is 31.2 Å². The third-order valence-electron chi connectivity index (χ3n) is 1.69. The van der Waals surface area contributed by atoms with E-state index in [4.69, 9.17) is 5.11 Å². The summed E-state index contributed by atoms with van der Waals surface area (Å²) in [6.07, 6.45) is 0.507. The Bertz CT molecular complexity index is 276. The summed E-state index contributed by atoms with van der Waals surface area (Å²) in [7, 11) is 0. The van der Waals surface area contributed by atoms with E-state index in [-0.39, 0.29) is 0 Å². The SMILES string of the molecule is O=C(O)[C@H](Cc1ccccc1)[NH][Au]. The normalized spacial score (nSPS) is 12.5. The molecule has 0 heterocycles. The van der Waals surface area contributed by atoms with Crippen LogP contribution in [-0.4, -0.2) is 17.1 Å². The van der Waals surface area contributed by atoms with E-state index >= 15 is 0 Å². The Morgan fingerprint density at radius 1 is 1.46 bits per heavy atom. The topological polar surface area (TPSA) is 49.3 Å². The van der Waals surface area contributed by atoms with Gasteiger partial charge in [0.15, 0.2) is 0 Å². The third kappa shape index (κ3) is 3.32. The van der Waals surface area contributed by atoms with E-state index in [2.05, 4.69) is 3.72 Å². The summed E-state index contributed by atoms with van der Waals surface area (Å²) >= 11 is 2.04. The van der Waals surface area contributed by atoms with Gasteiger partial charge in [-0.2, -0.15) is 0 Å². The first kappa shape index (κ1) is 10.5. The molecule has 0 amide bonds. The van der Waals surface area contributed by atoms with Gasteiger partial charge in [0.25, 0.3) is 0 Å². The van der Waals surface area contributed by atoms with E-state index in [1.54, 1.807) is 0 Å². The van der Waals surface area contributed by atoms with Gasteiger partial charge in [0.2, 0.25) is 0 Å². The van der Waals surface area contributed by atoms with Crippen LogP contribution >= 0.6 is 0 Å². The maximum absolute atomic E-state index is 10.7. The Morgan fingerprint density at radius 2 is 2.08 bits per heavy atom. The molecule has 0 saturated carbocycles. The Hall–Kier alpha value is -0.610. The fraction of sp³-hybridized carbons (Fsp3) is 0.222. The van der Waals surface area contributed by atoms with Gasteiger partial charge >= 0.3 is 89.3 Å². The standard InChI is InChI=1S/C9H10NO2.Au/c10-8(9(11)12)6-7-4-2-1-3-5-7;/h1-5,8,10H,6H2,(H,11,12);/q-1;+1/t8-;/m0./s1. The van der Waals surface area contributed by atoms with Crippen molar-refractivity contribution in [2.45, 2.75) is 12.5 Å². The summed E-state index contributed by atoms with van der Waals surface area (Å²) in [6, 6.07) is 9.03. The molecule has 4 heteroatoms. The zero-order chi connectivity index (χ0) is 9.68. The number of hydrogen-bond donors (Lipinski definition) is 2. The second kappa shape index (κ2) is 5.19. The van der Waals surface area contributed by atoms with Crippen LogP contribution in [0.3, 0.4) is 0 Å². The second-order valence-electron chi connectivity index (χ2n) is 2.67. The molecule has 0 unspecified atom stereocenters. The van der Waals surface area contributed by atoms with Crippen molar-refractivity contribution in [3.05, 3.63) is 35.9 Å². The zero-order valence-corrected chi connectivity index (χ0v) is 8.99. The van der Waals surface area contributed by atoms with Crippen LogP contribution in [0.1, 0.15) is 5.56 Å². The number of carboxylic acid groups (broad SMARTS) is 1. The summed E-state index contributed by atoms with van der Waals surface area (Å²) in [5.74, 6) is -0.827. The molecule has 0 fully saturated rings. The monoisotopic (exact) mass is 361 g/mol. The van der Waals surface area contributed by atoms with E-state index in [0.717, 1.165) is 5.56 Å². The Morgan fingerprint density at radius 3 is 2.54 bits per heavy atom. The van der Waals surface area contributed by atoms with Crippen molar-refractivity contribution in [3.8, 4) is 0 Å². The summed E-state index contributed by atoms with van der Waals surface area (Å²) in [4.78, 5) is 10.7. The van der Waals surface area contributed by atoms with E-state index in [1.165, 1.54) is 0 Å². The first-order valence-electron chi connectivity index (χ1n) is 3.83. The molecule has 1 aromatic rings. The molecule has 0 aliphatic rings. The van der Waals surface area contributed by atoms with Gasteiger partial charge in [-0.3, -0.25) is 0 Å². The summed E-state index contributed by atoms with van der Waals surface area (Å²) < 4.78 is 2.69. The van der Waals surface area contributed by atoms with Crippen LogP contribution in [0.15, 0.2) is 30.3 Å². The zero-order valence-electron chi connectivity index (χ0n) is 6.83. The van der Waals surface area contributed by atoms with Crippen molar-refractivity contribution in [2.75, 3.05) is 0 Å². The minimum atomic E-state index is -0.827. The number of aliphatic carboxylic acids is 1. The number of carboxylic acids is 1. The van der Waals surface area contributed by atoms with Gasteiger partial charge < -0.3 is 0 Å². The van der Waals surface area contributed by atoms with Gasteiger partial charge in [-0.1, -0.05) is 0 Å². The Balaban J connectivity index is 2.62. The molecule has 1 atom stereocenters. The molecule has 74 valence electrons. The number of hydrogen-bond acceptors (Lipinski definition) is 2. The summed E-state index contributed by atoms with van der Waals surface area (Å²) in [6.45, 7) is 0. The Kier molecular flexibility index (Phi) is 4.18. The van der Waals surface area contributed by atoms with Crippen LogP contribution in [0.5, 0.6) is 0 Å². The fourth-order valence-electron chi connectivity index (χ4n) is 1.01. The second-order valence-corrected chi connectivity index (χ2v) is 3.29. The van der Waals surface area contributed by atoms with Crippen LogP contribution in [0.4, 0.5) is 0 Å². The summed E-state index contributed by atoms with van der Waals surface area (Å²) in [5, 5.41) is 8.76. The van der Waals surface area contributed by atoms with Crippen LogP contribution in [0, 0.1) is 0 Å². The maximum atomic E-state index is 10.7. The third-order valence-corrected chi connectivity index (χ3v) is 2.44. The van der Waals surface area contributed by atoms with Crippen LogP contribution in [0.2, 0.25) is 0 Å². The molecule has 2 N–H and O–H groups in total. The predicted molar refractivity (Wildman–Crippen MR) is 44.7 cm³/mol. The molecule has 1 aromatic carbocycles. The fourth-order valence-corrected chi connectivity index (χ4v) is 1.49. The van der Waals surface area contributed by atoms with Crippen LogP contribution in [0.25, 0.3) is 0 Å². The van der Waals surface area contributed by atoms with Gasteiger partial charge in [0.1, 0.15) is 0 Å². The first-order valence-corrected chi connectivity index (χ1v) is 4.91. The van der Waals surface area contributed by atoms with E-state index in [0.29, 0.717) is 6.42 Å². The average molecular weight is 361 g/mol. The molecule has 0 saturated heterocycles. The molecule has 0 radical (unpaired) electrons. The number of benzene rings is 1. The molecule has 0 aromatic heterocycles. The van der Waals surface area contributed by atoms with E-state index in [9.17, 15) is 4.79 Å². The molecule has 1 rings (SSSR count). The van der Waals surface area contributed by atoms with Crippen LogP contribution < -0.4 is 3.72 Å². The van der Waals surface area contributed by atoms with Gasteiger partial charge in [0.05, 0.1) is 0 Å². The van der Waals surface area contributed by atoms with Crippen molar-refractivity contribution in [1.29, 1.82) is 0 Å². The molecule has 0 bridgehead atoms. The van der Waals surface area contributed by atoms with Gasteiger partial charge in [-0.25, -0.2) is 0 Å². The molecule has 13 heavy (non-hydrogen) atoms. The summed E-state index contributed by atoms with van der Waals surface area (Å²) in [5.41, 5.74) is 1.02. The molecule has 0 aliphatic carbocycles. The van der Waals surface area contributed by atoms with E-state index in [1.807, 2.05) is 51.7 Å². The van der Waals surface area contributed by atoms with Crippen molar-refractivity contribution in [3.63, 3.8) is 0 Å². The molecule has 0 aliphatic heterocycles. The molecule has 0 spiro atoms. The van der Waals surface area contributed by atoms with Gasteiger partial charge in [0, 0.05) is 0 Å². The Labute approximate surface area is 89.4 Å².